The van der Waals surface area contributed by atoms with E-state index >= 15 is 4.39 Å². The third-order valence-corrected chi connectivity index (χ3v) is 6.10. The fraction of sp³-hybridized carbons (Fsp3) is 0.0909. The Balaban J connectivity index is 2.02. The van der Waals surface area contributed by atoms with Crippen LogP contribution in [0.25, 0.3) is 33.2 Å². The maximum atomic E-state index is 15.8. The molecule has 4 rings (SSSR count). The van der Waals surface area contributed by atoms with Crippen molar-refractivity contribution in [3.05, 3.63) is 65.9 Å². The molecule has 4 N–H and O–H groups in total. The number of nitrogens with zero attached hydrogens (tertiary/aromatic N) is 2. The van der Waals surface area contributed by atoms with Gasteiger partial charge in [-0.1, -0.05) is 6.07 Å². The first-order valence-electron chi connectivity index (χ1n) is 9.33. The number of halogens is 2. The fourth-order valence-electron chi connectivity index (χ4n) is 3.67. The Morgan fingerprint density at radius 3 is 2.47 bits per heavy atom. The second kappa shape index (κ2) is 7.81. The summed E-state index contributed by atoms with van der Waals surface area (Å²) in [5.41, 5.74) is 6.20. The molecule has 0 bridgehead atoms. The molecule has 0 aliphatic heterocycles. The number of ether oxygens (including phenoxy) is 1. The van der Waals surface area contributed by atoms with E-state index in [0.29, 0.717) is 22.2 Å². The number of aromatic nitrogens is 2. The highest BCUT2D eigenvalue weighted by atomic mass is 32.2. The Kier molecular flexibility index (Phi) is 5.27. The van der Waals surface area contributed by atoms with Crippen molar-refractivity contribution in [2.45, 2.75) is 11.8 Å². The monoisotopic (exact) mass is 456 g/mol. The molecule has 3 aromatic carbocycles. The van der Waals surface area contributed by atoms with Gasteiger partial charge in [0, 0.05) is 28.3 Å². The molecule has 7 nitrogen and oxygen atoms in total. The Morgan fingerprint density at radius 1 is 1.03 bits per heavy atom. The molecule has 4 aromatic rings. The van der Waals surface area contributed by atoms with Crippen LogP contribution in [0.5, 0.6) is 5.75 Å². The van der Waals surface area contributed by atoms with Crippen LogP contribution in [0, 0.1) is 18.6 Å². The summed E-state index contributed by atoms with van der Waals surface area (Å²) in [6, 6.07) is 9.50. The third kappa shape index (κ3) is 3.63. The van der Waals surface area contributed by atoms with Crippen molar-refractivity contribution in [3.8, 4) is 28.0 Å². The van der Waals surface area contributed by atoms with Crippen molar-refractivity contribution in [2.75, 3.05) is 12.8 Å². The SMILES string of the molecule is COc1ccc(S(N)(=O)=O)c(-c2ccc(F)c(-c3ccc4nc(N)ncc4c3)c2F)c1C. The van der Waals surface area contributed by atoms with Crippen LogP contribution in [0.2, 0.25) is 0 Å². The minimum atomic E-state index is -4.21. The Labute approximate surface area is 182 Å². The summed E-state index contributed by atoms with van der Waals surface area (Å²) >= 11 is 0. The highest BCUT2D eigenvalue weighted by Gasteiger charge is 2.25. The van der Waals surface area contributed by atoms with Crippen molar-refractivity contribution in [2.24, 2.45) is 5.14 Å². The van der Waals surface area contributed by atoms with Gasteiger partial charge in [0.15, 0.2) is 0 Å². The normalized spacial score (nSPS) is 11.7. The van der Waals surface area contributed by atoms with Gasteiger partial charge in [0.05, 0.1) is 23.1 Å². The van der Waals surface area contributed by atoms with E-state index in [0.717, 1.165) is 6.07 Å². The van der Waals surface area contributed by atoms with Crippen LogP contribution < -0.4 is 15.6 Å². The molecule has 0 saturated carbocycles. The van der Waals surface area contributed by atoms with Crippen LogP contribution in [0.4, 0.5) is 14.7 Å². The van der Waals surface area contributed by atoms with E-state index in [2.05, 4.69) is 9.97 Å². The van der Waals surface area contributed by atoms with Crippen molar-refractivity contribution >= 4 is 26.9 Å². The number of rotatable bonds is 4. The lowest BCUT2D eigenvalue weighted by Gasteiger charge is -2.17. The van der Waals surface area contributed by atoms with Crippen LogP contribution >= 0.6 is 0 Å². The first-order valence-corrected chi connectivity index (χ1v) is 10.9. The lowest BCUT2D eigenvalue weighted by atomic mass is 9.94. The number of hydrogen-bond acceptors (Lipinski definition) is 6. The molecule has 0 aliphatic carbocycles. The minimum Gasteiger partial charge on any atom is -0.496 e. The van der Waals surface area contributed by atoms with Crippen LogP contribution in [0.3, 0.4) is 0 Å². The Morgan fingerprint density at radius 2 is 1.78 bits per heavy atom. The number of sulfonamides is 1. The molecule has 0 aliphatic rings. The van der Waals surface area contributed by atoms with Crippen molar-refractivity contribution in [1.29, 1.82) is 0 Å². The first kappa shape index (κ1) is 21.6. The van der Waals surface area contributed by atoms with Gasteiger partial charge in [-0.05, 0) is 48.9 Å². The van der Waals surface area contributed by atoms with E-state index in [1.807, 2.05) is 0 Å². The van der Waals surface area contributed by atoms with Crippen LogP contribution in [0.15, 0.2) is 53.6 Å². The van der Waals surface area contributed by atoms with E-state index in [-0.39, 0.29) is 33.1 Å². The van der Waals surface area contributed by atoms with Gasteiger partial charge in [0.1, 0.15) is 17.4 Å². The molecule has 0 amide bonds. The van der Waals surface area contributed by atoms with Gasteiger partial charge in [-0.2, -0.15) is 0 Å². The van der Waals surface area contributed by atoms with Gasteiger partial charge in [-0.3, -0.25) is 0 Å². The van der Waals surface area contributed by atoms with Gasteiger partial charge < -0.3 is 10.5 Å². The molecule has 0 fully saturated rings. The minimum absolute atomic E-state index is 0.00231. The quantitative estimate of drug-likeness (QED) is 0.482. The maximum Gasteiger partial charge on any atom is 0.238 e. The molecular formula is C22H18F2N4O3S. The second-order valence-corrected chi connectivity index (χ2v) is 8.63. The van der Waals surface area contributed by atoms with Crippen molar-refractivity contribution in [1.82, 2.24) is 9.97 Å². The summed E-state index contributed by atoms with van der Waals surface area (Å²) < 4.78 is 60.3. The molecule has 1 heterocycles. The van der Waals surface area contributed by atoms with Crippen LogP contribution in [-0.4, -0.2) is 25.5 Å². The summed E-state index contributed by atoms with van der Waals surface area (Å²) in [7, 11) is -2.81. The molecule has 10 heteroatoms. The van der Waals surface area contributed by atoms with Gasteiger partial charge in [-0.25, -0.2) is 32.3 Å². The predicted molar refractivity (Wildman–Crippen MR) is 117 cm³/mol. The summed E-state index contributed by atoms with van der Waals surface area (Å²) in [5.74, 6) is -1.35. The van der Waals surface area contributed by atoms with E-state index in [9.17, 15) is 12.8 Å². The van der Waals surface area contributed by atoms with E-state index in [1.165, 1.54) is 43.6 Å². The third-order valence-electron chi connectivity index (χ3n) is 5.15. The van der Waals surface area contributed by atoms with E-state index < -0.39 is 21.7 Å². The van der Waals surface area contributed by atoms with Gasteiger partial charge in [-0.15, -0.1) is 0 Å². The van der Waals surface area contributed by atoms with E-state index in [4.69, 9.17) is 15.6 Å². The molecule has 0 atom stereocenters. The Bertz CT molecular complexity index is 1490. The topological polar surface area (TPSA) is 121 Å². The molecular weight excluding hydrogens is 438 g/mol. The predicted octanol–water partition coefficient (Wildman–Crippen LogP) is 3.79. The number of hydrogen-bond donors (Lipinski definition) is 2. The zero-order valence-electron chi connectivity index (χ0n) is 17.1. The van der Waals surface area contributed by atoms with Gasteiger partial charge in [0.2, 0.25) is 16.0 Å². The molecule has 32 heavy (non-hydrogen) atoms. The number of primary sulfonamides is 1. The molecule has 0 radical (unpaired) electrons. The number of methoxy groups -OCH3 is 1. The maximum absolute atomic E-state index is 15.8. The van der Waals surface area contributed by atoms with Crippen molar-refractivity contribution < 1.29 is 21.9 Å². The largest absolute Gasteiger partial charge is 0.496 e. The summed E-state index contributed by atoms with van der Waals surface area (Å²) in [5, 5.41) is 5.90. The molecule has 0 saturated heterocycles. The van der Waals surface area contributed by atoms with Gasteiger partial charge in [0.25, 0.3) is 0 Å². The van der Waals surface area contributed by atoms with Gasteiger partial charge >= 0.3 is 0 Å². The lowest BCUT2D eigenvalue weighted by molar-refractivity contribution is 0.411. The van der Waals surface area contributed by atoms with Crippen LogP contribution in [-0.2, 0) is 10.0 Å². The number of nitrogen functional groups attached to an aromatic ring is 1. The summed E-state index contributed by atoms with van der Waals surface area (Å²) in [6.45, 7) is 1.57. The number of fused-ring (bicyclic) bond motifs is 1. The zero-order chi connectivity index (χ0) is 23.2. The molecule has 164 valence electrons. The average molecular weight is 456 g/mol. The highest BCUT2D eigenvalue weighted by molar-refractivity contribution is 7.89. The van der Waals surface area contributed by atoms with Crippen LogP contribution in [0.1, 0.15) is 5.56 Å². The highest BCUT2D eigenvalue weighted by Crippen LogP contribution is 2.40. The zero-order valence-corrected chi connectivity index (χ0v) is 17.9. The molecule has 0 unspecified atom stereocenters. The first-order chi connectivity index (χ1) is 15.1. The number of benzene rings is 3. The average Bonchev–Trinajstić information content (AvgIpc) is 2.73. The standard InChI is InChI=1S/C22H18F2N4O3S/c1-11-17(31-2)7-8-18(32(26,29)30)19(11)14-4-5-15(23)20(21(14)24)12-3-6-16-13(9-12)10-27-22(25)28-16/h3-10H,1-2H3,(H2,25,27,28)(H2,26,29,30). The summed E-state index contributed by atoms with van der Waals surface area (Å²) in [6.07, 6.45) is 1.45. The smallest absolute Gasteiger partial charge is 0.238 e. The van der Waals surface area contributed by atoms with E-state index in [1.54, 1.807) is 13.0 Å². The number of nitrogens with two attached hydrogens (primary N) is 2. The second-order valence-electron chi connectivity index (χ2n) is 7.10. The lowest BCUT2D eigenvalue weighted by Crippen LogP contribution is -2.14. The Hall–Kier alpha value is -3.63. The summed E-state index contributed by atoms with van der Waals surface area (Å²) in [4.78, 5) is 7.68. The number of anilines is 1. The molecule has 0 spiro atoms. The van der Waals surface area contributed by atoms with Crippen molar-refractivity contribution in [3.63, 3.8) is 0 Å². The molecule has 1 aromatic heterocycles. The fourth-order valence-corrected chi connectivity index (χ4v) is 4.48.